The number of alkyl carbamates (subject to hydrolysis) is 1. The van der Waals surface area contributed by atoms with Crippen LogP contribution in [-0.4, -0.2) is 36.4 Å². The van der Waals surface area contributed by atoms with Crippen LogP contribution in [0.2, 0.25) is 6.32 Å². The average molecular weight is 322 g/mol. The fraction of sp³-hybridized carbons (Fsp3) is 0.929. The third kappa shape index (κ3) is 4.54. The van der Waals surface area contributed by atoms with Gasteiger partial charge in [0.15, 0.2) is 0 Å². The van der Waals surface area contributed by atoms with Crippen molar-refractivity contribution in [1.29, 1.82) is 0 Å². The molecule has 1 N–H and O–H groups in total. The van der Waals surface area contributed by atoms with Gasteiger partial charge in [0, 0.05) is 0 Å². The zero-order valence-electron chi connectivity index (χ0n) is 13.4. The third-order valence-electron chi connectivity index (χ3n) is 4.47. The van der Waals surface area contributed by atoms with Crippen molar-refractivity contribution in [3.63, 3.8) is 0 Å². The van der Waals surface area contributed by atoms with E-state index in [2.05, 4.69) is 5.32 Å². The summed E-state index contributed by atoms with van der Waals surface area (Å²) in [6, 6.07) is 0. The number of rotatable bonds is 4. The van der Waals surface area contributed by atoms with Gasteiger partial charge in [0.1, 0.15) is 5.60 Å². The van der Waals surface area contributed by atoms with Gasteiger partial charge < -0.3 is 27.7 Å². The van der Waals surface area contributed by atoms with Crippen LogP contribution in [0.5, 0.6) is 0 Å². The van der Waals surface area contributed by atoms with Crippen LogP contribution in [0.25, 0.3) is 0 Å². The number of ether oxygens (including phenoxy) is 2. The fourth-order valence-corrected chi connectivity index (χ4v) is 3.19. The Hall–Kier alpha value is -0.915. The number of amides is 1. The van der Waals surface area contributed by atoms with Gasteiger partial charge in [0.2, 0.25) is 0 Å². The number of carbonyl (C=O) groups excluding carboxylic acids is 1. The maximum Gasteiger partial charge on any atom is 0.478 e. The zero-order valence-corrected chi connectivity index (χ0v) is 13.4. The Morgan fingerprint density at radius 2 is 1.82 bits per heavy atom. The number of nitrogens with one attached hydrogen (secondary N) is 1. The van der Waals surface area contributed by atoms with Crippen LogP contribution in [-0.2, 0) is 9.47 Å². The second-order valence-electron chi connectivity index (χ2n) is 7.63. The first-order valence-electron chi connectivity index (χ1n) is 7.79. The van der Waals surface area contributed by atoms with Crippen molar-refractivity contribution in [2.24, 2.45) is 0 Å². The van der Waals surface area contributed by atoms with Crippen LogP contribution in [0, 0.1) is 0 Å². The van der Waals surface area contributed by atoms with Crippen LogP contribution in [0.4, 0.5) is 17.7 Å². The Balaban J connectivity index is 1.89. The highest BCUT2D eigenvalue weighted by Gasteiger charge is 2.51. The molecule has 3 fully saturated rings. The molecule has 2 saturated heterocycles. The molecule has 8 heteroatoms. The van der Waals surface area contributed by atoms with Gasteiger partial charge in [-0.1, -0.05) is 6.32 Å². The first-order valence-corrected chi connectivity index (χ1v) is 7.79. The Bertz CT molecular complexity index is 410. The molecule has 2 aliphatic heterocycles. The van der Waals surface area contributed by atoms with Crippen LogP contribution < -0.4 is 5.32 Å². The summed E-state index contributed by atoms with van der Waals surface area (Å²) in [6.07, 6.45) is 1.15. The molecule has 2 heterocycles. The Labute approximate surface area is 129 Å². The highest BCUT2D eigenvalue weighted by Crippen LogP contribution is 2.47. The number of halogens is 3. The smallest absolute Gasteiger partial charge is 0.449 e. The SMILES string of the molecule is CC(C)(C)OC(=O)NC12CCC(CC[B-](F)(F)F)(CC1)OC2. The predicted octanol–water partition coefficient (Wildman–Crippen LogP) is 3.83. The van der Waals surface area contributed by atoms with Gasteiger partial charge in [-0.25, -0.2) is 4.79 Å². The summed E-state index contributed by atoms with van der Waals surface area (Å²) in [5, 5.41) is 2.86. The van der Waals surface area contributed by atoms with Crippen LogP contribution in [0.1, 0.15) is 52.9 Å². The first kappa shape index (κ1) is 17.4. The van der Waals surface area contributed by atoms with Crippen molar-refractivity contribution in [3.05, 3.63) is 0 Å². The molecule has 1 amide bonds. The lowest BCUT2D eigenvalue weighted by Gasteiger charge is -2.53. The second kappa shape index (κ2) is 5.62. The number of hydrogen-bond acceptors (Lipinski definition) is 3. The molecule has 0 spiro atoms. The van der Waals surface area contributed by atoms with E-state index in [0.717, 1.165) is 0 Å². The minimum Gasteiger partial charge on any atom is -0.449 e. The number of hydrogen-bond donors (Lipinski definition) is 1. The lowest BCUT2D eigenvalue weighted by Crippen LogP contribution is -2.63. The summed E-state index contributed by atoms with van der Waals surface area (Å²) in [4.78, 5) is 11.9. The third-order valence-corrected chi connectivity index (χ3v) is 4.47. The average Bonchev–Trinajstić information content (AvgIpc) is 2.35. The lowest BCUT2D eigenvalue weighted by molar-refractivity contribution is -0.162. The molecule has 0 aromatic heterocycles. The standard InChI is InChI=1S/C14H24BF3NO3/c1-12(2,3)22-11(20)19-13-4-6-14(7-5-13,21-10-13)8-9-15(16,17)18/h4-10H2,1-3H3,(H,19,20)/q-1. The zero-order chi connectivity index (χ0) is 16.6. The number of fused-ring (bicyclic) bond motifs is 3. The minimum absolute atomic E-state index is 0.0268. The molecule has 1 aliphatic carbocycles. The van der Waals surface area contributed by atoms with E-state index in [9.17, 15) is 17.7 Å². The minimum atomic E-state index is -4.77. The summed E-state index contributed by atoms with van der Waals surface area (Å²) < 4.78 is 48.4. The largest absolute Gasteiger partial charge is 0.478 e. The van der Waals surface area contributed by atoms with E-state index in [4.69, 9.17) is 9.47 Å². The molecular formula is C14H24BF3NO3-. The second-order valence-corrected chi connectivity index (χ2v) is 7.63. The first-order chi connectivity index (χ1) is 9.93. The maximum atomic E-state index is 12.5. The van der Waals surface area contributed by atoms with Crippen LogP contribution >= 0.6 is 0 Å². The topological polar surface area (TPSA) is 47.6 Å². The molecule has 1 saturated carbocycles. The van der Waals surface area contributed by atoms with Gasteiger partial charge >= 0.3 is 13.1 Å². The fourth-order valence-electron chi connectivity index (χ4n) is 3.19. The van der Waals surface area contributed by atoms with Gasteiger partial charge in [-0.05, 0) is 52.9 Å². The highest BCUT2D eigenvalue weighted by molar-refractivity contribution is 6.58. The van der Waals surface area contributed by atoms with Crippen molar-refractivity contribution in [2.45, 2.75) is 75.9 Å². The molecule has 0 aromatic carbocycles. The van der Waals surface area contributed by atoms with Crippen molar-refractivity contribution in [3.8, 4) is 0 Å². The summed E-state index contributed by atoms with van der Waals surface area (Å²) >= 11 is 0. The van der Waals surface area contributed by atoms with Crippen molar-refractivity contribution in [2.75, 3.05) is 6.61 Å². The van der Waals surface area contributed by atoms with E-state index in [-0.39, 0.29) is 13.0 Å². The monoisotopic (exact) mass is 322 g/mol. The van der Waals surface area contributed by atoms with Crippen molar-refractivity contribution in [1.82, 2.24) is 5.32 Å². The molecule has 0 radical (unpaired) electrons. The van der Waals surface area contributed by atoms with Gasteiger partial charge in [0.25, 0.3) is 0 Å². The van der Waals surface area contributed by atoms with Crippen LogP contribution in [0.3, 0.4) is 0 Å². The van der Waals surface area contributed by atoms with Gasteiger partial charge in [-0.2, -0.15) is 0 Å². The molecule has 22 heavy (non-hydrogen) atoms. The van der Waals surface area contributed by atoms with E-state index >= 15 is 0 Å². The van der Waals surface area contributed by atoms with Crippen molar-refractivity contribution < 1.29 is 27.2 Å². The van der Waals surface area contributed by atoms with E-state index in [1.807, 2.05) is 0 Å². The molecule has 0 unspecified atom stereocenters. The molecule has 2 bridgehead atoms. The van der Waals surface area contributed by atoms with E-state index in [1.165, 1.54) is 0 Å². The van der Waals surface area contributed by atoms with Gasteiger partial charge in [-0.3, -0.25) is 0 Å². The number of carbonyl (C=O) groups is 1. The molecule has 4 nitrogen and oxygen atoms in total. The predicted molar refractivity (Wildman–Crippen MR) is 77.8 cm³/mol. The summed E-state index contributed by atoms with van der Waals surface area (Å²) in [7, 11) is 0. The highest BCUT2D eigenvalue weighted by atomic mass is 19.4. The van der Waals surface area contributed by atoms with Gasteiger partial charge in [0.05, 0.1) is 17.7 Å². The molecular weight excluding hydrogens is 298 g/mol. The van der Waals surface area contributed by atoms with E-state index in [1.54, 1.807) is 20.8 Å². The van der Waals surface area contributed by atoms with Gasteiger partial charge in [-0.15, -0.1) is 0 Å². The molecule has 0 atom stereocenters. The Morgan fingerprint density at radius 1 is 1.23 bits per heavy atom. The quantitative estimate of drug-likeness (QED) is 0.800. The van der Waals surface area contributed by atoms with E-state index in [0.29, 0.717) is 25.7 Å². The molecule has 0 aromatic rings. The molecule has 128 valence electrons. The normalized spacial score (nSPS) is 31.9. The molecule has 3 rings (SSSR count). The molecule has 3 aliphatic rings. The summed E-state index contributed by atoms with van der Waals surface area (Å²) in [5.41, 5.74) is -1.73. The summed E-state index contributed by atoms with van der Waals surface area (Å²) in [6.45, 7) is 0.841. The Kier molecular flexibility index (Phi) is 4.45. The summed E-state index contributed by atoms with van der Waals surface area (Å²) in [5.74, 6) is 0. The van der Waals surface area contributed by atoms with E-state index < -0.39 is 36.1 Å². The Morgan fingerprint density at radius 3 is 2.23 bits per heavy atom. The van der Waals surface area contributed by atoms with Crippen LogP contribution in [0.15, 0.2) is 0 Å². The maximum absolute atomic E-state index is 12.5. The lowest BCUT2D eigenvalue weighted by atomic mass is 9.67. The van der Waals surface area contributed by atoms with Crippen molar-refractivity contribution >= 4 is 13.1 Å².